The van der Waals surface area contributed by atoms with E-state index in [2.05, 4.69) is 5.32 Å². The van der Waals surface area contributed by atoms with Crippen molar-refractivity contribution in [2.75, 3.05) is 32.8 Å². The Balaban J connectivity index is 2.47. The largest absolute Gasteiger partial charge is 0.416 e. The molecule has 0 aromatic heterocycles. The summed E-state index contributed by atoms with van der Waals surface area (Å²) in [5.74, 6) is 0. The number of aliphatic hydroxyl groups excluding tert-OH is 1. The van der Waals surface area contributed by atoms with Gasteiger partial charge in [0.25, 0.3) is 0 Å². The van der Waals surface area contributed by atoms with Crippen molar-refractivity contribution in [3.05, 3.63) is 34.9 Å². The molecule has 1 aromatic rings. The van der Waals surface area contributed by atoms with Gasteiger partial charge in [0.05, 0.1) is 11.1 Å². The van der Waals surface area contributed by atoms with Crippen molar-refractivity contribution in [3.63, 3.8) is 0 Å². The van der Waals surface area contributed by atoms with E-state index in [0.717, 1.165) is 6.07 Å². The van der Waals surface area contributed by atoms with E-state index in [1.807, 2.05) is 4.90 Å². The van der Waals surface area contributed by atoms with Crippen LogP contribution in [0.2, 0.25) is 0 Å². The molecule has 25 heavy (non-hydrogen) atoms. The Morgan fingerprint density at radius 2 is 1.68 bits per heavy atom. The molecular weight excluding hydrogens is 350 g/mol. The average molecular weight is 370 g/mol. The molecule has 2 rings (SSSR count). The molecule has 0 saturated carbocycles. The van der Waals surface area contributed by atoms with Crippen LogP contribution >= 0.6 is 0 Å². The van der Waals surface area contributed by atoms with E-state index in [1.165, 1.54) is 0 Å². The predicted molar refractivity (Wildman–Crippen MR) is 79.9 cm³/mol. The maximum atomic E-state index is 13.4. The minimum Gasteiger partial charge on any atom is -0.396 e. The van der Waals surface area contributed by atoms with E-state index in [1.54, 1.807) is 0 Å². The van der Waals surface area contributed by atoms with Gasteiger partial charge in [-0.1, -0.05) is 6.07 Å². The van der Waals surface area contributed by atoms with Crippen LogP contribution in [0.25, 0.3) is 0 Å². The van der Waals surface area contributed by atoms with Gasteiger partial charge in [-0.2, -0.15) is 26.3 Å². The predicted octanol–water partition coefficient (Wildman–Crippen LogP) is 3.44. The first kappa shape index (κ1) is 20.0. The highest BCUT2D eigenvalue weighted by Crippen LogP contribution is 2.41. The standard InChI is InChI=1S/C16H20F6N2O/c17-15(18,19)11-3-4-12(13(10-11)16(20,21)22)14(2-1-9-25)24-7-5-23-6-8-24/h3-4,10,14,23,25H,1-2,5-9H2/t14-/m1/s1. The number of hydrogen-bond donors (Lipinski definition) is 2. The van der Waals surface area contributed by atoms with Crippen LogP contribution in [0.1, 0.15) is 35.6 Å². The van der Waals surface area contributed by atoms with Crippen molar-refractivity contribution >= 4 is 0 Å². The fraction of sp³-hybridized carbons (Fsp3) is 0.625. The number of nitrogens with one attached hydrogen (secondary N) is 1. The lowest BCUT2D eigenvalue weighted by atomic mass is 9.93. The number of piperazine rings is 1. The van der Waals surface area contributed by atoms with Gasteiger partial charge in [-0.3, -0.25) is 4.90 Å². The summed E-state index contributed by atoms with van der Waals surface area (Å²) in [6.45, 7) is 1.99. The van der Waals surface area contributed by atoms with Crippen LogP contribution in [0.3, 0.4) is 0 Å². The van der Waals surface area contributed by atoms with E-state index in [9.17, 15) is 26.3 Å². The highest BCUT2D eigenvalue weighted by molar-refractivity contribution is 5.37. The first-order valence-electron chi connectivity index (χ1n) is 7.98. The number of aliphatic hydroxyl groups is 1. The number of benzene rings is 1. The molecule has 1 aliphatic rings. The molecular formula is C16H20F6N2O. The van der Waals surface area contributed by atoms with Crippen LogP contribution in [0.15, 0.2) is 18.2 Å². The third kappa shape index (κ3) is 5.08. The van der Waals surface area contributed by atoms with E-state index >= 15 is 0 Å². The average Bonchev–Trinajstić information content (AvgIpc) is 2.54. The van der Waals surface area contributed by atoms with Gasteiger partial charge < -0.3 is 10.4 Å². The minimum atomic E-state index is -4.89. The second kappa shape index (κ2) is 7.92. The Bertz CT molecular complexity index is 567. The van der Waals surface area contributed by atoms with Crippen LogP contribution < -0.4 is 5.32 Å². The number of hydrogen-bond acceptors (Lipinski definition) is 3. The Kier molecular flexibility index (Phi) is 6.34. The number of rotatable bonds is 5. The van der Waals surface area contributed by atoms with E-state index < -0.39 is 29.5 Å². The Morgan fingerprint density at radius 1 is 1.04 bits per heavy atom. The first-order valence-corrected chi connectivity index (χ1v) is 7.98. The van der Waals surface area contributed by atoms with Crippen molar-refractivity contribution in [1.82, 2.24) is 10.2 Å². The van der Waals surface area contributed by atoms with Gasteiger partial charge in [0, 0.05) is 38.8 Å². The summed E-state index contributed by atoms with van der Waals surface area (Å²) in [6, 6.07) is 1.12. The van der Waals surface area contributed by atoms with Gasteiger partial charge in [-0.15, -0.1) is 0 Å². The third-order valence-corrected chi connectivity index (χ3v) is 4.27. The van der Waals surface area contributed by atoms with Crippen LogP contribution in [0.5, 0.6) is 0 Å². The van der Waals surface area contributed by atoms with Crippen LogP contribution in [0.4, 0.5) is 26.3 Å². The molecule has 1 saturated heterocycles. The lowest BCUT2D eigenvalue weighted by Gasteiger charge is -2.36. The Labute approximate surface area is 141 Å². The second-order valence-corrected chi connectivity index (χ2v) is 5.97. The van der Waals surface area contributed by atoms with Crippen LogP contribution in [-0.2, 0) is 12.4 Å². The lowest BCUT2D eigenvalue weighted by molar-refractivity contribution is -0.143. The first-order chi connectivity index (χ1) is 11.6. The molecule has 9 heteroatoms. The smallest absolute Gasteiger partial charge is 0.396 e. The van der Waals surface area contributed by atoms with Gasteiger partial charge >= 0.3 is 12.4 Å². The molecule has 0 amide bonds. The topological polar surface area (TPSA) is 35.5 Å². The molecule has 0 radical (unpaired) electrons. The molecule has 3 nitrogen and oxygen atoms in total. The highest BCUT2D eigenvalue weighted by atomic mass is 19.4. The Hall–Kier alpha value is -1.32. The molecule has 1 aliphatic heterocycles. The highest BCUT2D eigenvalue weighted by Gasteiger charge is 2.40. The molecule has 0 unspecified atom stereocenters. The van der Waals surface area contributed by atoms with Gasteiger partial charge in [0.2, 0.25) is 0 Å². The minimum absolute atomic E-state index is 0.171. The van der Waals surface area contributed by atoms with Gasteiger partial charge in [-0.25, -0.2) is 0 Å². The quantitative estimate of drug-likeness (QED) is 0.780. The monoisotopic (exact) mass is 370 g/mol. The molecule has 2 N–H and O–H groups in total. The summed E-state index contributed by atoms with van der Waals surface area (Å²) in [5.41, 5.74) is -2.75. The van der Waals surface area contributed by atoms with Crippen LogP contribution in [0, 0.1) is 0 Å². The van der Waals surface area contributed by atoms with Crippen molar-refractivity contribution < 1.29 is 31.4 Å². The summed E-state index contributed by atoms with van der Waals surface area (Å²) >= 11 is 0. The number of nitrogens with zero attached hydrogens (tertiary/aromatic N) is 1. The molecule has 1 fully saturated rings. The lowest BCUT2D eigenvalue weighted by Crippen LogP contribution is -2.45. The zero-order valence-electron chi connectivity index (χ0n) is 13.4. The summed E-state index contributed by atoms with van der Waals surface area (Å²) < 4.78 is 78.7. The summed E-state index contributed by atoms with van der Waals surface area (Å²) in [4.78, 5) is 1.82. The zero-order chi connectivity index (χ0) is 18.7. The van der Waals surface area contributed by atoms with Gasteiger partial charge in [0.1, 0.15) is 0 Å². The van der Waals surface area contributed by atoms with E-state index in [-0.39, 0.29) is 31.1 Å². The molecule has 1 aromatic carbocycles. The molecule has 1 heterocycles. The van der Waals surface area contributed by atoms with Crippen molar-refractivity contribution in [1.29, 1.82) is 0 Å². The zero-order valence-corrected chi connectivity index (χ0v) is 13.4. The fourth-order valence-corrected chi connectivity index (χ4v) is 3.08. The molecule has 0 spiro atoms. The molecule has 0 bridgehead atoms. The SMILES string of the molecule is OCCC[C@H](c1ccc(C(F)(F)F)cc1C(F)(F)F)N1CCNCC1. The maximum Gasteiger partial charge on any atom is 0.416 e. The van der Waals surface area contributed by atoms with E-state index in [0.29, 0.717) is 32.2 Å². The fourth-order valence-electron chi connectivity index (χ4n) is 3.08. The van der Waals surface area contributed by atoms with E-state index in [4.69, 9.17) is 5.11 Å². The summed E-state index contributed by atoms with van der Waals surface area (Å²) in [5, 5.41) is 12.1. The number of halogens is 6. The molecule has 0 aliphatic carbocycles. The van der Waals surface area contributed by atoms with Gasteiger partial charge in [0.15, 0.2) is 0 Å². The number of alkyl halides is 6. The Morgan fingerprint density at radius 3 is 2.20 bits per heavy atom. The molecule has 142 valence electrons. The van der Waals surface area contributed by atoms with Crippen LogP contribution in [-0.4, -0.2) is 42.8 Å². The van der Waals surface area contributed by atoms with Crippen molar-refractivity contribution in [2.45, 2.75) is 31.2 Å². The summed E-state index contributed by atoms with van der Waals surface area (Å²) in [6.07, 6.45) is -9.21. The van der Waals surface area contributed by atoms with Crippen molar-refractivity contribution in [2.24, 2.45) is 0 Å². The second-order valence-electron chi connectivity index (χ2n) is 5.97. The summed E-state index contributed by atoms with van der Waals surface area (Å²) in [7, 11) is 0. The van der Waals surface area contributed by atoms with Gasteiger partial charge in [-0.05, 0) is 30.5 Å². The van der Waals surface area contributed by atoms with Crippen molar-refractivity contribution in [3.8, 4) is 0 Å². The molecule has 1 atom stereocenters. The maximum absolute atomic E-state index is 13.4. The normalized spacial score (nSPS) is 18.4. The third-order valence-electron chi connectivity index (χ3n) is 4.27.